The number of benzene rings is 1. The van der Waals surface area contributed by atoms with Gasteiger partial charge in [0, 0.05) is 6.54 Å². The summed E-state index contributed by atoms with van der Waals surface area (Å²) in [5, 5.41) is 2.87. The van der Waals surface area contributed by atoms with Gasteiger partial charge in [-0.15, -0.1) is 6.58 Å². The first kappa shape index (κ1) is 20.9. The molecule has 2 rings (SSSR count). The molecule has 0 aliphatic carbocycles. The summed E-state index contributed by atoms with van der Waals surface area (Å²) >= 11 is 11.4. The summed E-state index contributed by atoms with van der Waals surface area (Å²) in [5.41, 5.74) is 0.470. The van der Waals surface area contributed by atoms with Gasteiger partial charge in [0.25, 0.3) is 11.8 Å². The number of carbonyl (C=O) groups is 2. The molecule has 0 saturated carbocycles. The van der Waals surface area contributed by atoms with Crippen LogP contribution in [0.1, 0.15) is 25.8 Å². The number of nitrogens with zero attached hydrogens (tertiary/aromatic N) is 1. The van der Waals surface area contributed by atoms with Crippen LogP contribution >= 0.6 is 23.8 Å². The van der Waals surface area contributed by atoms with Crippen molar-refractivity contribution in [2.75, 3.05) is 13.7 Å². The van der Waals surface area contributed by atoms with Crippen LogP contribution in [-0.2, 0) is 9.59 Å². The molecule has 0 unspecified atom stereocenters. The molecule has 0 spiro atoms. The van der Waals surface area contributed by atoms with E-state index in [9.17, 15) is 9.59 Å². The maximum Gasteiger partial charge on any atom is 0.265 e. The standard InChI is InChI=1S/C19H21ClN2O4S/c1-5-7-22-18(24)13(17(23)21-19(22)27)8-12-9-14(20)16(15(10-12)25-4)26-11(3)6-2/h5,8-11H,1,6-7H2,2-4H3,(H,21,23,27)/b13-8-/t11-/m0/s1. The van der Waals surface area contributed by atoms with Gasteiger partial charge in [-0.05, 0) is 49.3 Å². The van der Waals surface area contributed by atoms with Gasteiger partial charge in [0.2, 0.25) is 0 Å². The maximum absolute atomic E-state index is 12.6. The average molecular weight is 409 g/mol. The van der Waals surface area contributed by atoms with Crippen molar-refractivity contribution in [2.45, 2.75) is 26.4 Å². The Morgan fingerprint density at radius 2 is 2.11 bits per heavy atom. The number of methoxy groups -OCH3 is 1. The minimum atomic E-state index is -0.569. The van der Waals surface area contributed by atoms with E-state index in [-0.39, 0.29) is 23.3 Å². The highest BCUT2D eigenvalue weighted by molar-refractivity contribution is 7.80. The predicted octanol–water partition coefficient (Wildman–Crippen LogP) is 3.34. The summed E-state index contributed by atoms with van der Waals surface area (Å²) in [6, 6.07) is 3.27. The van der Waals surface area contributed by atoms with Crippen molar-refractivity contribution in [1.29, 1.82) is 0 Å². The van der Waals surface area contributed by atoms with Crippen LogP contribution < -0.4 is 14.8 Å². The molecule has 0 aromatic heterocycles. The lowest BCUT2D eigenvalue weighted by molar-refractivity contribution is -0.128. The van der Waals surface area contributed by atoms with Gasteiger partial charge < -0.3 is 9.47 Å². The van der Waals surface area contributed by atoms with Gasteiger partial charge in [-0.2, -0.15) is 0 Å². The van der Waals surface area contributed by atoms with Crippen molar-refractivity contribution < 1.29 is 19.1 Å². The third-order valence-corrected chi connectivity index (χ3v) is 4.56. The number of hydrogen-bond donors (Lipinski definition) is 1. The minimum absolute atomic E-state index is 0.0419. The Kier molecular flexibility index (Phi) is 6.98. The summed E-state index contributed by atoms with van der Waals surface area (Å²) in [6.07, 6.45) is 3.73. The Morgan fingerprint density at radius 3 is 2.70 bits per heavy atom. The highest BCUT2D eigenvalue weighted by atomic mass is 35.5. The van der Waals surface area contributed by atoms with Crippen molar-refractivity contribution in [1.82, 2.24) is 10.2 Å². The van der Waals surface area contributed by atoms with Gasteiger partial charge in [-0.1, -0.05) is 24.6 Å². The number of amides is 2. The molecule has 1 heterocycles. The lowest BCUT2D eigenvalue weighted by Gasteiger charge is -2.27. The summed E-state index contributed by atoms with van der Waals surface area (Å²) in [5.74, 6) is -0.236. The third-order valence-electron chi connectivity index (χ3n) is 3.95. The number of thiocarbonyl (C=S) groups is 1. The molecule has 1 aromatic rings. The molecule has 1 aliphatic rings. The normalized spacial score (nSPS) is 17.0. The first-order chi connectivity index (χ1) is 12.8. The highest BCUT2D eigenvalue weighted by Gasteiger charge is 2.32. The Labute approximate surface area is 168 Å². The number of halogens is 1. The summed E-state index contributed by atoms with van der Waals surface area (Å²) in [6.45, 7) is 7.71. The number of hydrogen-bond acceptors (Lipinski definition) is 5. The van der Waals surface area contributed by atoms with Crippen LogP contribution in [0.4, 0.5) is 0 Å². The number of nitrogens with one attached hydrogen (secondary N) is 1. The molecule has 1 aliphatic heterocycles. The first-order valence-electron chi connectivity index (χ1n) is 8.36. The minimum Gasteiger partial charge on any atom is -0.493 e. The fourth-order valence-electron chi connectivity index (χ4n) is 2.38. The molecule has 1 fully saturated rings. The smallest absolute Gasteiger partial charge is 0.265 e. The molecule has 6 nitrogen and oxygen atoms in total. The van der Waals surface area contributed by atoms with Crippen molar-refractivity contribution >= 4 is 46.8 Å². The molecule has 27 heavy (non-hydrogen) atoms. The van der Waals surface area contributed by atoms with Crippen LogP contribution in [-0.4, -0.2) is 41.6 Å². The monoisotopic (exact) mass is 408 g/mol. The number of ether oxygens (including phenoxy) is 2. The van der Waals surface area contributed by atoms with E-state index in [0.717, 1.165) is 6.42 Å². The Hall–Kier alpha value is -2.38. The van der Waals surface area contributed by atoms with Crippen LogP contribution in [0.2, 0.25) is 5.02 Å². The summed E-state index contributed by atoms with van der Waals surface area (Å²) < 4.78 is 11.2. The average Bonchev–Trinajstić information content (AvgIpc) is 2.63. The largest absolute Gasteiger partial charge is 0.493 e. The highest BCUT2D eigenvalue weighted by Crippen LogP contribution is 2.38. The third kappa shape index (κ3) is 4.67. The molecule has 144 valence electrons. The second-order valence-corrected chi connectivity index (χ2v) is 6.69. The van der Waals surface area contributed by atoms with Crippen LogP contribution in [0, 0.1) is 0 Å². The second-order valence-electron chi connectivity index (χ2n) is 5.89. The molecular weight excluding hydrogens is 388 g/mol. The molecule has 1 aromatic carbocycles. The molecule has 1 saturated heterocycles. The molecular formula is C19H21ClN2O4S. The number of carbonyl (C=O) groups excluding carboxylic acids is 2. The Bertz CT molecular complexity index is 822. The van der Waals surface area contributed by atoms with E-state index in [2.05, 4.69) is 11.9 Å². The van der Waals surface area contributed by atoms with Crippen molar-refractivity contribution in [3.63, 3.8) is 0 Å². The van der Waals surface area contributed by atoms with E-state index >= 15 is 0 Å². The van der Waals surface area contributed by atoms with Crippen LogP contribution in [0.15, 0.2) is 30.4 Å². The molecule has 8 heteroatoms. The van der Waals surface area contributed by atoms with Crippen molar-refractivity contribution in [3.05, 3.63) is 40.9 Å². The van der Waals surface area contributed by atoms with Crippen molar-refractivity contribution in [2.24, 2.45) is 0 Å². The zero-order valence-electron chi connectivity index (χ0n) is 15.4. The van der Waals surface area contributed by atoms with Gasteiger partial charge in [0.05, 0.1) is 18.2 Å². The molecule has 0 bridgehead atoms. The van der Waals surface area contributed by atoms with Gasteiger partial charge >= 0.3 is 0 Å². The van der Waals surface area contributed by atoms with E-state index < -0.39 is 11.8 Å². The van der Waals surface area contributed by atoms with E-state index in [4.69, 9.17) is 33.3 Å². The van der Waals surface area contributed by atoms with Gasteiger partial charge in [-0.3, -0.25) is 19.8 Å². The maximum atomic E-state index is 12.6. The summed E-state index contributed by atoms with van der Waals surface area (Å²) in [4.78, 5) is 26.1. The Balaban J connectivity index is 2.44. The lowest BCUT2D eigenvalue weighted by atomic mass is 10.1. The SMILES string of the molecule is C=CCN1C(=O)/C(=C\c2cc(Cl)c(O[C@@H](C)CC)c(OC)c2)C(=O)NC1=S. The van der Waals surface area contributed by atoms with Crippen molar-refractivity contribution in [3.8, 4) is 11.5 Å². The molecule has 1 N–H and O–H groups in total. The van der Waals surface area contributed by atoms with E-state index in [1.165, 1.54) is 24.2 Å². The second kappa shape index (κ2) is 9.01. The zero-order valence-corrected chi connectivity index (χ0v) is 16.9. The topological polar surface area (TPSA) is 67.9 Å². The van der Waals surface area contributed by atoms with E-state index in [1.54, 1.807) is 12.1 Å². The Morgan fingerprint density at radius 1 is 1.41 bits per heavy atom. The number of rotatable bonds is 7. The van der Waals surface area contributed by atoms with Crippen LogP contribution in [0.3, 0.4) is 0 Å². The van der Waals surface area contributed by atoms with Crippen LogP contribution in [0.5, 0.6) is 11.5 Å². The van der Waals surface area contributed by atoms with Gasteiger partial charge in [0.15, 0.2) is 16.6 Å². The zero-order chi connectivity index (χ0) is 20.1. The van der Waals surface area contributed by atoms with Gasteiger partial charge in [-0.25, -0.2) is 0 Å². The lowest BCUT2D eigenvalue weighted by Crippen LogP contribution is -2.53. The molecule has 0 radical (unpaired) electrons. The fourth-order valence-corrected chi connectivity index (χ4v) is 2.89. The quantitative estimate of drug-likeness (QED) is 0.324. The molecule has 2 amide bonds. The van der Waals surface area contributed by atoms with E-state index in [0.29, 0.717) is 22.1 Å². The molecule has 1 atom stereocenters. The predicted molar refractivity (Wildman–Crippen MR) is 109 cm³/mol. The van der Waals surface area contributed by atoms with Crippen LogP contribution in [0.25, 0.3) is 6.08 Å². The van der Waals surface area contributed by atoms with E-state index in [1.807, 2.05) is 13.8 Å². The summed E-state index contributed by atoms with van der Waals surface area (Å²) in [7, 11) is 1.49. The fraction of sp³-hybridized carbons (Fsp3) is 0.316. The van der Waals surface area contributed by atoms with Gasteiger partial charge in [0.1, 0.15) is 5.57 Å². The first-order valence-corrected chi connectivity index (χ1v) is 9.14.